The van der Waals surface area contributed by atoms with E-state index in [1.807, 2.05) is 37.3 Å². The lowest BCUT2D eigenvalue weighted by molar-refractivity contribution is 0.0916. The quantitative estimate of drug-likeness (QED) is 0.784. The molecule has 3 nitrogen and oxygen atoms in total. The minimum atomic E-state index is -0.153. The highest BCUT2D eigenvalue weighted by Gasteiger charge is 2.31. The van der Waals surface area contributed by atoms with E-state index < -0.39 is 0 Å². The average molecular weight is 347 g/mol. The normalized spacial score (nSPS) is 12.2. The number of carbonyl (C=O) groups is 1. The zero-order chi connectivity index (χ0) is 17.0. The summed E-state index contributed by atoms with van der Waals surface area (Å²) in [6.45, 7) is 8.37. The van der Waals surface area contributed by atoms with Crippen LogP contribution in [0.4, 0.5) is 5.69 Å². The number of nitrogens with two attached hydrogens (primary N) is 1. The van der Waals surface area contributed by atoms with Crippen LogP contribution in [-0.2, 0) is 5.41 Å². The summed E-state index contributed by atoms with van der Waals surface area (Å²) in [6.07, 6.45) is 0.856. The van der Waals surface area contributed by atoms with Crippen LogP contribution in [0.5, 0.6) is 0 Å². The third kappa shape index (κ3) is 4.30. The molecule has 1 atom stereocenters. The molecule has 3 N–H and O–H groups in total. The molecule has 0 aliphatic rings. The van der Waals surface area contributed by atoms with Crippen LogP contribution in [-0.4, -0.2) is 11.9 Å². The highest BCUT2D eigenvalue weighted by atomic mass is 35.5. The van der Waals surface area contributed by atoms with Crippen molar-refractivity contribution in [1.82, 2.24) is 5.32 Å². The minimum Gasteiger partial charge on any atom is -0.399 e. The van der Waals surface area contributed by atoms with Crippen molar-refractivity contribution in [2.75, 3.05) is 5.73 Å². The topological polar surface area (TPSA) is 55.1 Å². The first-order valence-corrected chi connectivity index (χ1v) is 8.08. The second-order valence-corrected chi connectivity index (χ2v) is 6.60. The number of rotatable bonds is 5. The first-order chi connectivity index (χ1) is 10.9. The van der Waals surface area contributed by atoms with Crippen molar-refractivity contribution < 1.29 is 4.79 Å². The van der Waals surface area contributed by atoms with Gasteiger partial charge < -0.3 is 11.1 Å². The first-order valence-electron chi connectivity index (χ1n) is 8.08. The molecule has 0 heterocycles. The first kappa shape index (κ1) is 20.0. The molecule has 0 aliphatic carbocycles. The van der Waals surface area contributed by atoms with Gasteiger partial charge in [-0.15, -0.1) is 12.4 Å². The Morgan fingerprint density at radius 3 is 2.38 bits per heavy atom. The lowest BCUT2D eigenvalue weighted by atomic mass is 9.76. The Morgan fingerprint density at radius 2 is 1.79 bits per heavy atom. The van der Waals surface area contributed by atoms with Gasteiger partial charge in [0.05, 0.1) is 0 Å². The average Bonchev–Trinajstić information content (AvgIpc) is 2.55. The van der Waals surface area contributed by atoms with Crippen LogP contribution < -0.4 is 11.1 Å². The van der Waals surface area contributed by atoms with Gasteiger partial charge in [0.2, 0.25) is 0 Å². The number of nitrogen functional groups attached to an aromatic ring is 1. The predicted octanol–water partition coefficient (Wildman–Crippen LogP) is 4.49. The van der Waals surface area contributed by atoms with Gasteiger partial charge in [0.25, 0.3) is 5.91 Å². The Balaban J connectivity index is 0.00000288. The van der Waals surface area contributed by atoms with Crippen molar-refractivity contribution >= 4 is 24.0 Å². The molecule has 2 rings (SSSR count). The van der Waals surface area contributed by atoms with Gasteiger partial charge in [0.15, 0.2) is 0 Å². The van der Waals surface area contributed by atoms with E-state index in [1.165, 1.54) is 5.56 Å². The maximum Gasteiger partial charge on any atom is 0.251 e. The van der Waals surface area contributed by atoms with Crippen LogP contribution in [0.15, 0.2) is 48.5 Å². The fourth-order valence-electron chi connectivity index (χ4n) is 2.98. The molecule has 2 aromatic carbocycles. The van der Waals surface area contributed by atoms with E-state index >= 15 is 0 Å². The molecule has 24 heavy (non-hydrogen) atoms. The van der Waals surface area contributed by atoms with E-state index in [9.17, 15) is 4.79 Å². The third-order valence-electron chi connectivity index (χ3n) is 4.61. The smallest absolute Gasteiger partial charge is 0.251 e. The molecule has 2 aromatic rings. The standard InChI is InChI=1S/C20H26N2O.ClH/c1-5-18(20(3,4)15-9-7-6-8-10-15)22-19(23)17-13-16(21)12-11-14(17)2;/h6-13,18H,5,21H2,1-4H3,(H,22,23);1H. The highest BCUT2D eigenvalue weighted by molar-refractivity contribution is 5.96. The van der Waals surface area contributed by atoms with Gasteiger partial charge in [-0.25, -0.2) is 0 Å². The summed E-state index contributed by atoms with van der Waals surface area (Å²) >= 11 is 0. The number of amides is 1. The fourth-order valence-corrected chi connectivity index (χ4v) is 2.98. The lowest BCUT2D eigenvalue weighted by Crippen LogP contribution is -2.47. The largest absolute Gasteiger partial charge is 0.399 e. The molecule has 0 aliphatic heterocycles. The van der Waals surface area contributed by atoms with Crippen LogP contribution >= 0.6 is 12.4 Å². The maximum absolute atomic E-state index is 12.7. The molecule has 130 valence electrons. The van der Waals surface area contributed by atoms with Crippen molar-refractivity contribution in [1.29, 1.82) is 0 Å². The van der Waals surface area contributed by atoms with Gasteiger partial charge in [-0.1, -0.05) is 57.2 Å². The Bertz CT molecular complexity index is 683. The lowest BCUT2D eigenvalue weighted by Gasteiger charge is -2.35. The summed E-state index contributed by atoms with van der Waals surface area (Å²) in [4.78, 5) is 12.7. The molecule has 0 saturated heterocycles. The van der Waals surface area contributed by atoms with E-state index in [-0.39, 0.29) is 29.8 Å². The van der Waals surface area contributed by atoms with Crippen LogP contribution in [0.3, 0.4) is 0 Å². The van der Waals surface area contributed by atoms with E-state index in [0.717, 1.165) is 12.0 Å². The highest BCUT2D eigenvalue weighted by Crippen LogP contribution is 2.29. The number of anilines is 1. The molecule has 0 bridgehead atoms. The minimum absolute atomic E-state index is 0. The number of hydrogen-bond donors (Lipinski definition) is 2. The summed E-state index contributed by atoms with van der Waals surface area (Å²) in [7, 11) is 0. The second kappa shape index (κ2) is 8.20. The zero-order valence-electron chi connectivity index (χ0n) is 14.8. The fraction of sp³-hybridized carbons (Fsp3) is 0.350. The van der Waals surface area contributed by atoms with Gasteiger partial charge >= 0.3 is 0 Å². The van der Waals surface area contributed by atoms with Crippen LogP contribution in [0, 0.1) is 6.92 Å². The Hall–Kier alpha value is -2.00. The monoisotopic (exact) mass is 346 g/mol. The summed E-state index contributed by atoms with van der Waals surface area (Å²) in [5.41, 5.74) is 9.08. The Morgan fingerprint density at radius 1 is 1.17 bits per heavy atom. The SMILES string of the molecule is CCC(NC(=O)c1cc(N)ccc1C)C(C)(C)c1ccccc1.Cl. The molecule has 0 fully saturated rings. The van der Waals surface area contributed by atoms with E-state index in [2.05, 4.69) is 38.2 Å². The van der Waals surface area contributed by atoms with Crippen molar-refractivity contribution in [3.8, 4) is 0 Å². The second-order valence-electron chi connectivity index (χ2n) is 6.60. The van der Waals surface area contributed by atoms with Crippen molar-refractivity contribution in [2.45, 2.75) is 45.6 Å². The molecule has 0 radical (unpaired) electrons. The van der Waals surface area contributed by atoms with Gasteiger partial charge in [0.1, 0.15) is 0 Å². The number of carbonyl (C=O) groups excluding carboxylic acids is 1. The van der Waals surface area contributed by atoms with Crippen LogP contribution in [0.1, 0.15) is 48.7 Å². The van der Waals surface area contributed by atoms with Gasteiger partial charge in [-0.05, 0) is 36.6 Å². The maximum atomic E-state index is 12.7. The Kier molecular flexibility index (Phi) is 6.85. The molecule has 0 aromatic heterocycles. The van der Waals surface area contributed by atoms with E-state index in [0.29, 0.717) is 11.3 Å². The van der Waals surface area contributed by atoms with Crippen molar-refractivity contribution in [2.24, 2.45) is 0 Å². The number of aryl methyl sites for hydroxylation is 1. The number of nitrogens with one attached hydrogen (secondary N) is 1. The molecular formula is C20H27ClN2O. The van der Waals surface area contributed by atoms with Crippen molar-refractivity contribution in [3.05, 3.63) is 65.2 Å². The molecule has 0 spiro atoms. The molecule has 0 saturated carbocycles. The molecular weight excluding hydrogens is 320 g/mol. The predicted molar refractivity (Wildman–Crippen MR) is 104 cm³/mol. The van der Waals surface area contributed by atoms with Crippen LogP contribution in [0.2, 0.25) is 0 Å². The Labute approximate surface area is 151 Å². The molecule has 4 heteroatoms. The zero-order valence-corrected chi connectivity index (χ0v) is 15.6. The summed E-state index contributed by atoms with van der Waals surface area (Å²) < 4.78 is 0. The van der Waals surface area contributed by atoms with Crippen LogP contribution in [0.25, 0.3) is 0 Å². The van der Waals surface area contributed by atoms with E-state index in [4.69, 9.17) is 5.73 Å². The molecule has 1 unspecified atom stereocenters. The third-order valence-corrected chi connectivity index (χ3v) is 4.61. The summed E-state index contributed by atoms with van der Waals surface area (Å²) in [6, 6.07) is 15.8. The number of benzene rings is 2. The summed E-state index contributed by atoms with van der Waals surface area (Å²) in [5.74, 6) is -0.0642. The van der Waals surface area contributed by atoms with Gasteiger partial charge in [0, 0.05) is 22.7 Å². The number of halogens is 1. The van der Waals surface area contributed by atoms with E-state index in [1.54, 1.807) is 6.07 Å². The van der Waals surface area contributed by atoms with Crippen molar-refractivity contribution in [3.63, 3.8) is 0 Å². The van der Waals surface area contributed by atoms with Gasteiger partial charge in [-0.2, -0.15) is 0 Å². The summed E-state index contributed by atoms with van der Waals surface area (Å²) in [5, 5.41) is 3.20. The number of hydrogen-bond acceptors (Lipinski definition) is 2. The molecule has 1 amide bonds. The van der Waals surface area contributed by atoms with Gasteiger partial charge in [-0.3, -0.25) is 4.79 Å².